The Morgan fingerprint density at radius 1 is 1.31 bits per heavy atom. The second-order valence-corrected chi connectivity index (χ2v) is 4.88. The van der Waals surface area contributed by atoms with Gasteiger partial charge in [-0.3, -0.25) is 0 Å². The molecule has 3 heteroatoms. The van der Waals surface area contributed by atoms with Crippen LogP contribution in [-0.2, 0) is 16.2 Å². The summed E-state index contributed by atoms with van der Waals surface area (Å²) in [7, 11) is -3.59. The van der Waals surface area contributed by atoms with Gasteiger partial charge in [-0.25, -0.2) is 8.42 Å². The molecule has 0 saturated heterocycles. The molecule has 0 aliphatic heterocycles. The molecule has 0 fully saturated rings. The van der Waals surface area contributed by atoms with E-state index in [1.54, 1.807) is 18.2 Å². The van der Waals surface area contributed by atoms with Crippen molar-refractivity contribution < 1.29 is 13.9 Å². The largest absolute Gasteiger partial charge is 0.229 e. The van der Waals surface area contributed by atoms with Crippen LogP contribution in [0.3, 0.4) is 0 Å². The molecule has 0 atom stereocenters. The Balaban J connectivity index is 3.13. The first-order valence-corrected chi connectivity index (χ1v) is 5.86. The lowest BCUT2D eigenvalue weighted by Crippen LogP contribution is -2.03. The van der Waals surface area contributed by atoms with Crippen molar-refractivity contribution in [2.75, 3.05) is 12.0 Å². The highest BCUT2D eigenvalue weighted by Crippen LogP contribution is 2.03. The summed E-state index contributed by atoms with van der Waals surface area (Å²) in [6, 6.07) is 7.75. The fraction of sp³-hybridized carbons (Fsp3) is 0.400. The molecule has 0 spiro atoms. The lowest BCUT2D eigenvalue weighted by molar-refractivity contribution is 0.599. The van der Waals surface area contributed by atoms with Crippen LogP contribution in [0.5, 0.6) is 0 Å². The zero-order chi connectivity index (χ0) is 13.3. The smallest absolute Gasteiger partial charge is 0.147 e. The topological polar surface area (TPSA) is 34.1 Å². The Hall–Kier alpha value is -0.830. The molecular formula is C10H14O2S. The van der Waals surface area contributed by atoms with E-state index in [4.69, 9.17) is 5.48 Å². The summed E-state index contributed by atoms with van der Waals surface area (Å²) in [5.74, 6) is -0.845. The van der Waals surface area contributed by atoms with Gasteiger partial charge in [0.05, 0.1) is 5.75 Å². The quantitative estimate of drug-likeness (QED) is 0.744. The minimum atomic E-state index is -3.59. The van der Waals surface area contributed by atoms with E-state index >= 15 is 0 Å². The first-order chi connectivity index (χ1) is 7.56. The van der Waals surface area contributed by atoms with Gasteiger partial charge in [-0.05, 0) is 18.3 Å². The number of aryl methyl sites for hydroxylation is 1. The predicted octanol–water partition coefficient (Wildman–Crippen LogP) is 1.66. The second kappa shape index (κ2) is 4.42. The lowest BCUT2D eigenvalue weighted by Gasteiger charge is -1.99. The van der Waals surface area contributed by atoms with E-state index in [0.29, 0.717) is 0 Å². The highest BCUT2D eigenvalue weighted by molar-refractivity contribution is 7.90. The van der Waals surface area contributed by atoms with Crippen LogP contribution in [0.25, 0.3) is 0 Å². The third kappa shape index (κ3) is 4.68. The van der Waals surface area contributed by atoms with Gasteiger partial charge in [-0.1, -0.05) is 30.3 Å². The molecular weight excluding hydrogens is 184 g/mol. The number of hydrogen-bond donors (Lipinski definition) is 0. The zero-order valence-electron chi connectivity index (χ0n) is 11.3. The van der Waals surface area contributed by atoms with Gasteiger partial charge in [0, 0.05) is 11.7 Å². The van der Waals surface area contributed by atoms with Crippen molar-refractivity contribution in [2.24, 2.45) is 0 Å². The molecule has 0 saturated carbocycles. The van der Waals surface area contributed by atoms with Crippen molar-refractivity contribution in [3.8, 4) is 0 Å². The summed E-state index contributed by atoms with van der Waals surface area (Å²) in [5, 5.41) is 0. The summed E-state index contributed by atoms with van der Waals surface area (Å²) in [4.78, 5) is 0. The monoisotopic (exact) mass is 202 g/mol. The Labute approximate surface area is 85.1 Å². The summed E-state index contributed by atoms with van der Waals surface area (Å²) < 4.78 is 53.1. The van der Waals surface area contributed by atoms with Gasteiger partial charge in [0.1, 0.15) is 9.84 Å². The summed E-state index contributed by atoms with van der Waals surface area (Å²) in [5.41, 5.74) is 0.133. The number of benzene rings is 1. The molecule has 1 aromatic carbocycles. The molecule has 0 heterocycles. The Kier molecular flexibility index (Phi) is 1.97. The summed E-state index contributed by atoms with van der Waals surface area (Å²) in [6.07, 6.45) is -3.93. The minimum Gasteiger partial charge on any atom is -0.229 e. The Morgan fingerprint density at radius 3 is 2.46 bits per heavy atom. The molecule has 0 N–H and O–H groups in total. The SMILES string of the molecule is [2H]C([2H])(CS(C)(=O)=O)C([2H])([2H])c1ccccc1. The van der Waals surface area contributed by atoms with Crippen molar-refractivity contribution >= 4 is 9.84 Å². The molecule has 1 aromatic rings. The van der Waals surface area contributed by atoms with Crippen LogP contribution in [0, 0.1) is 0 Å². The van der Waals surface area contributed by atoms with Crippen LogP contribution in [0.4, 0.5) is 0 Å². The van der Waals surface area contributed by atoms with E-state index in [1.807, 2.05) is 0 Å². The first-order valence-electron chi connectivity index (χ1n) is 5.79. The maximum Gasteiger partial charge on any atom is 0.147 e. The summed E-state index contributed by atoms with van der Waals surface area (Å²) in [6.45, 7) is 0. The number of hydrogen-bond acceptors (Lipinski definition) is 2. The van der Waals surface area contributed by atoms with Gasteiger partial charge >= 0.3 is 0 Å². The molecule has 0 aliphatic rings. The number of sulfone groups is 1. The van der Waals surface area contributed by atoms with E-state index in [-0.39, 0.29) is 5.56 Å². The van der Waals surface area contributed by atoms with Crippen LogP contribution in [0.1, 0.15) is 17.4 Å². The standard InChI is InChI=1S/C10H14O2S/c1-13(11,12)9-5-8-10-6-3-2-4-7-10/h2-4,6-7H,5,8-9H2,1H3/i5D2,8D2. The molecule has 0 aliphatic carbocycles. The van der Waals surface area contributed by atoms with Crippen molar-refractivity contribution in [1.82, 2.24) is 0 Å². The highest BCUT2D eigenvalue weighted by atomic mass is 32.2. The van der Waals surface area contributed by atoms with Crippen LogP contribution < -0.4 is 0 Å². The summed E-state index contributed by atoms with van der Waals surface area (Å²) >= 11 is 0. The van der Waals surface area contributed by atoms with Gasteiger partial charge in [-0.2, -0.15) is 0 Å². The lowest BCUT2D eigenvalue weighted by atomic mass is 10.1. The molecule has 13 heavy (non-hydrogen) atoms. The zero-order valence-corrected chi connectivity index (χ0v) is 8.14. The Bertz CT molecular complexity index is 482. The molecule has 72 valence electrons. The van der Waals surface area contributed by atoms with Gasteiger partial charge in [0.2, 0.25) is 0 Å². The number of rotatable bonds is 4. The van der Waals surface area contributed by atoms with Gasteiger partial charge < -0.3 is 0 Å². The molecule has 2 nitrogen and oxygen atoms in total. The van der Waals surface area contributed by atoms with Gasteiger partial charge in [0.15, 0.2) is 0 Å². The van der Waals surface area contributed by atoms with E-state index in [9.17, 15) is 8.42 Å². The van der Waals surface area contributed by atoms with Crippen molar-refractivity contribution in [1.29, 1.82) is 0 Å². The van der Waals surface area contributed by atoms with Crippen molar-refractivity contribution in [3.05, 3.63) is 35.9 Å². The third-order valence-electron chi connectivity index (χ3n) is 1.34. The highest BCUT2D eigenvalue weighted by Gasteiger charge is 2.01. The fourth-order valence-corrected chi connectivity index (χ4v) is 1.13. The van der Waals surface area contributed by atoms with Crippen molar-refractivity contribution in [3.63, 3.8) is 0 Å². The minimum absolute atomic E-state index is 0.133. The molecule has 0 amide bonds. The molecule has 1 rings (SSSR count). The molecule has 0 radical (unpaired) electrons. The van der Waals surface area contributed by atoms with Crippen LogP contribution in [0.15, 0.2) is 30.3 Å². The normalized spacial score (nSPS) is 18.2. The maximum absolute atomic E-state index is 11.1. The maximum atomic E-state index is 11.1. The van der Waals surface area contributed by atoms with E-state index < -0.39 is 28.3 Å². The van der Waals surface area contributed by atoms with Crippen LogP contribution >= 0.6 is 0 Å². The predicted molar refractivity (Wildman–Crippen MR) is 54.5 cm³/mol. The van der Waals surface area contributed by atoms with Crippen molar-refractivity contribution in [2.45, 2.75) is 12.7 Å². The molecule has 0 unspecified atom stereocenters. The second-order valence-electron chi connectivity index (χ2n) is 2.74. The van der Waals surface area contributed by atoms with E-state index in [1.165, 1.54) is 12.1 Å². The third-order valence-corrected chi connectivity index (χ3v) is 2.01. The Morgan fingerprint density at radius 2 is 1.92 bits per heavy atom. The van der Waals surface area contributed by atoms with Gasteiger partial charge in [0.25, 0.3) is 0 Å². The first kappa shape index (κ1) is 5.81. The van der Waals surface area contributed by atoms with E-state index in [0.717, 1.165) is 6.26 Å². The molecule has 0 aromatic heterocycles. The average molecular weight is 202 g/mol. The van der Waals surface area contributed by atoms with Crippen LogP contribution in [-0.4, -0.2) is 20.4 Å². The fourth-order valence-electron chi connectivity index (χ4n) is 0.791. The molecule has 0 bridgehead atoms. The van der Waals surface area contributed by atoms with E-state index in [2.05, 4.69) is 0 Å². The average Bonchev–Trinajstić information content (AvgIpc) is 2.15. The van der Waals surface area contributed by atoms with Gasteiger partial charge in [-0.15, -0.1) is 0 Å². The van der Waals surface area contributed by atoms with Crippen LogP contribution in [0.2, 0.25) is 0 Å².